The third kappa shape index (κ3) is 5.90. The second kappa shape index (κ2) is 12.7. The Hall–Kier alpha value is -4.94. The second-order valence-electron chi connectivity index (χ2n) is 11.5. The predicted octanol–water partition coefficient (Wildman–Crippen LogP) is 7.56. The molecule has 6 rings (SSSR count). The highest BCUT2D eigenvalue weighted by atomic mass is 19.3. The van der Waals surface area contributed by atoms with Crippen LogP contribution in [0, 0.1) is 17.5 Å². The summed E-state index contributed by atoms with van der Waals surface area (Å²) < 4.78 is 90.6. The summed E-state index contributed by atoms with van der Waals surface area (Å²) in [6.07, 6.45) is -1.34. The molecule has 0 amide bonds. The van der Waals surface area contributed by atoms with Gasteiger partial charge in [-0.05, 0) is 56.5 Å². The zero-order valence-corrected chi connectivity index (χ0v) is 25.8. The Morgan fingerprint density at radius 1 is 1.15 bits per heavy atom. The van der Waals surface area contributed by atoms with Crippen LogP contribution < -0.4 is 9.47 Å². The molecule has 13 heteroatoms. The first-order valence-corrected chi connectivity index (χ1v) is 15.1. The highest BCUT2D eigenvalue weighted by Crippen LogP contribution is 2.45. The Labute approximate surface area is 266 Å². The molecule has 5 aromatic rings. The number of esters is 1. The van der Waals surface area contributed by atoms with Crippen LogP contribution in [0.4, 0.5) is 22.0 Å². The maximum Gasteiger partial charge on any atom is 0.306 e. The third-order valence-electron chi connectivity index (χ3n) is 8.41. The number of aryl methyl sites for hydroxylation is 2. The van der Waals surface area contributed by atoms with Crippen molar-refractivity contribution in [1.29, 1.82) is 0 Å². The van der Waals surface area contributed by atoms with Crippen LogP contribution in [0.3, 0.4) is 0 Å². The fraction of sp³-hybridized carbons (Fsp3) is 0.324. The molecule has 0 fully saturated rings. The molecule has 8 nitrogen and oxygen atoms in total. The molecule has 0 radical (unpaired) electrons. The van der Waals surface area contributed by atoms with Crippen LogP contribution >= 0.6 is 0 Å². The van der Waals surface area contributed by atoms with Crippen molar-refractivity contribution in [3.63, 3.8) is 0 Å². The van der Waals surface area contributed by atoms with Gasteiger partial charge in [-0.3, -0.25) is 4.79 Å². The van der Waals surface area contributed by atoms with E-state index in [0.29, 0.717) is 37.6 Å². The molecule has 47 heavy (non-hydrogen) atoms. The van der Waals surface area contributed by atoms with Gasteiger partial charge in [-0.15, -0.1) is 0 Å². The molecule has 246 valence electrons. The minimum atomic E-state index is -2.87. The summed E-state index contributed by atoms with van der Waals surface area (Å²) in [4.78, 5) is 19.2. The lowest BCUT2D eigenvalue weighted by Gasteiger charge is -2.34. The summed E-state index contributed by atoms with van der Waals surface area (Å²) in [6, 6.07) is 10.5. The van der Waals surface area contributed by atoms with E-state index in [1.54, 1.807) is 14.0 Å². The zero-order valence-electron chi connectivity index (χ0n) is 25.8. The average molecular weight is 655 g/mol. The minimum Gasteiger partial charge on any atom is -0.493 e. The smallest absolute Gasteiger partial charge is 0.306 e. The Bertz CT molecular complexity index is 1970. The van der Waals surface area contributed by atoms with Gasteiger partial charge in [0.2, 0.25) is 12.2 Å². The van der Waals surface area contributed by atoms with Crippen LogP contribution in [0.25, 0.3) is 22.3 Å². The summed E-state index contributed by atoms with van der Waals surface area (Å²) in [7, 11) is 1.59. The van der Waals surface area contributed by atoms with Gasteiger partial charge in [0.05, 0.1) is 29.7 Å². The van der Waals surface area contributed by atoms with Crippen molar-refractivity contribution < 1.29 is 41.0 Å². The van der Waals surface area contributed by atoms with Gasteiger partial charge >= 0.3 is 5.97 Å². The molecule has 1 N–H and O–H groups in total. The van der Waals surface area contributed by atoms with Gasteiger partial charge in [-0.2, -0.15) is 9.49 Å². The molecule has 0 saturated heterocycles. The number of aromatic nitrogens is 4. The molecule has 3 aromatic carbocycles. The number of halogens is 5. The van der Waals surface area contributed by atoms with E-state index in [4.69, 9.17) is 19.2 Å². The van der Waals surface area contributed by atoms with Crippen molar-refractivity contribution in [3.05, 3.63) is 88.6 Å². The quantitative estimate of drug-likeness (QED) is 0.123. The molecule has 0 bridgehead atoms. The summed E-state index contributed by atoms with van der Waals surface area (Å²) >= 11 is 0. The predicted molar refractivity (Wildman–Crippen MR) is 162 cm³/mol. The van der Waals surface area contributed by atoms with Crippen LogP contribution in [0.2, 0.25) is 0 Å². The maximum absolute atomic E-state index is 15.3. The molecule has 3 heterocycles. The average Bonchev–Trinajstić information content (AvgIpc) is 3.69. The second-order valence-corrected chi connectivity index (χ2v) is 11.5. The Morgan fingerprint density at radius 2 is 1.96 bits per heavy atom. The highest BCUT2D eigenvalue weighted by Gasteiger charge is 2.40. The Balaban J connectivity index is 1.36. The van der Waals surface area contributed by atoms with E-state index in [1.807, 2.05) is 25.1 Å². The number of ether oxygens (including phenoxy) is 3. The van der Waals surface area contributed by atoms with Crippen molar-refractivity contribution in [2.45, 2.75) is 51.4 Å². The summed E-state index contributed by atoms with van der Waals surface area (Å²) in [6.45, 7) is 4.34. The maximum atomic E-state index is 15.3. The zero-order chi connectivity index (χ0) is 33.5. The van der Waals surface area contributed by atoms with Crippen LogP contribution in [-0.4, -0.2) is 45.4 Å². The van der Waals surface area contributed by atoms with Gasteiger partial charge in [0, 0.05) is 42.6 Å². The van der Waals surface area contributed by atoms with E-state index in [0.717, 1.165) is 17.2 Å². The fourth-order valence-corrected chi connectivity index (χ4v) is 6.02. The molecule has 1 aliphatic heterocycles. The number of carbonyl (C=O) groups excluding carboxylic acids is 1. The lowest BCUT2D eigenvalue weighted by Crippen LogP contribution is -2.33. The Kier molecular flexibility index (Phi) is 8.64. The van der Waals surface area contributed by atoms with E-state index in [1.165, 1.54) is 29.1 Å². The van der Waals surface area contributed by atoms with Gasteiger partial charge in [0.1, 0.15) is 17.3 Å². The Morgan fingerprint density at radius 3 is 2.72 bits per heavy atom. The first-order chi connectivity index (χ1) is 22.5. The van der Waals surface area contributed by atoms with Crippen LogP contribution in [-0.2, 0) is 34.8 Å². The number of alkyl halides is 2. The number of aromatic amines is 1. The van der Waals surface area contributed by atoms with Crippen molar-refractivity contribution in [3.8, 4) is 28.6 Å². The molecule has 0 spiro atoms. The number of hydrogen-bond acceptors (Lipinski definition) is 6. The van der Waals surface area contributed by atoms with Crippen molar-refractivity contribution in [2.75, 3.05) is 13.2 Å². The lowest BCUT2D eigenvalue weighted by molar-refractivity contribution is -0.143. The first kappa shape index (κ1) is 32.0. The summed E-state index contributed by atoms with van der Waals surface area (Å²) in [5, 5.41) is 4.69. The normalized spacial score (nSPS) is 15.9. The first-order valence-electron chi connectivity index (χ1n) is 15.1. The number of para-hydroxylation sites is 1. The highest BCUT2D eigenvalue weighted by molar-refractivity contribution is 5.86. The molecule has 0 aliphatic carbocycles. The molecular formula is C34H31F5N4O4. The van der Waals surface area contributed by atoms with Gasteiger partial charge in [0.15, 0.2) is 23.2 Å². The molecule has 1 atom stereocenters. The topological polar surface area (TPSA) is 91.3 Å². The van der Waals surface area contributed by atoms with Gasteiger partial charge < -0.3 is 19.2 Å². The van der Waals surface area contributed by atoms with Gasteiger partial charge in [-0.25, -0.2) is 27.2 Å². The number of benzene rings is 3. The van der Waals surface area contributed by atoms with E-state index >= 15 is 8.78 Å². The standard InChI is InChI=1S/C34H31F5N4O4/c1-4-45-26(44)11-8-18-6-5-7-23-30(18)46-15-13-34(23,2)33-41-32(43(3)42-33)22-16-19(9-10-24(22)35)47-31-21(17-25(36)37)20-12-14-40-29(20)27(38)28(31)39/h5-7,9-10,12,14,16,25,40H,4,8,11,13,15,17H2,1-3H3. The SMILES string of the molecule is CCOC(=O)CCc1cccc2c1OCCC2(C)c1nc(-c2cc(Oc3c(F)c(F)c4[nH]ccc4c3CC(F)F)ccc2F)n(C)n1. The van der Waals surface area contributed by atoms with Crippen molar-refractivity contribution in [2.24, 2.45) is 7.05 Å². The molecule has 1 unspecified atom stereocenters. The van der Waals surface area contributed by atoms with Crippen LogP contribution in [0.15, 0.2) is 48.7 Å². The van der Waals surface area contributed by atoms with Crippen LogP contribution in [0.1, 0.15) is 49.2 Å². The number of hydrogen-bond donors (Lipinski definition) is 1. The van der Waals surface area contributed by atoms with E-state index in [2.05, 4.69) is 10.1 Å². The van der Waals surface area contributed by atoms with Crippen molar-refractivity contribution >= 4 is 16.9 Å². The van der Waals surface area contributed by atoms with E-state index in [9.17, 15) is 18.0 Å². The molecule has 1 aliphatic rings. The largest absolute Gasteiger partial charge is 0.493 e. The lowest BCUT2D eigenvalue weighted by atomic mass is 9.76. The molecule has 0 saturated carbocycles. The van der Waals surface area contributed by atoms with Gasteiger partial charge in [0.25, 0.3) is 0 Å². The third-order valence-corrected chi connectivity index (χ3v) is 8.41. The van der Waals surface area contributed by atoms with E-state index < -0.39 is 41.5 Å². The van der Waals surface area contributed by atoms with Gasteiger partial charge in [-0.1, -0.05) is 18.2 Å². The van der Waals surface area contributed by atoms with Crippen LogP contribution in [0.5, 0.6) is 17.2 Å². The monoisotopic (exact) mass is 654 g/mol. The molecule has 2 aromatic heterocycles. The molecular weight excluding hydrogens is 623 g/mol. The van der Waals surface area contributed by atoms with Crippen molar-refractivity contribution in [1.82, 2.24) is 19.7 Å². The summed E-state index contributed by atoms with van der Waals surface area (Å²) in [5.41, 5.74) is 0.360. The number of fused-ring (bicyclic) bond motifs is 2. The number of carbonyl (C=O) groups is 1. The number of nitrogens with zero attached hydrogens (tertiary/aromatic N) is 3. The minimum absolute atomic E-state index is 0.0496. The van der Waals surface area contributed by atoms with E-state index in [-0.39, 0.29) is 46.0 Å². The number of rotatable bonds is 10. The number of nitrogens with one attached hydrogen (secondary N) is 1. The number of H-pyrrole nitrogens is 1. The fourth-order valence-electron chi connectivity index (χ4n) is 6.02. The summed E-state index contributed by atoms with van der Waals surface area (Å²) in [5.74, 6) is -3.43.